The molecule has 1 aliphatic heterocycles. The van der Waals surface area contributed by atoms with Gasteiger partial charge in [-0.3, -0.25) is 4.79 Å². The number of hydrogen-bond acceptors (Lipinski definition) is 4. The smallest absolute Gasteiger partial charge is 0.409 e. The fourth-order valence-corrected chi connectivity index (χ4v) is 2.55. The summed E-state index contributed by atoms with van der Waals surface area (Å²) in [5.41, 5.74) is 0.589. The van der Waals surface area contributed by atoms with Crippen LogP contribution in [0.4, 0.5) is 4.79 Å². The highest BCUT2D eigenvalue weighted by Crippen LogP contribution is 2.17. The fourth-order valence-electron chi connectivity index (χ4n) is 2.55. The lowest BCUT2D eigenvalue weighted by Gasteiger charge is -2.30. The summed E-state index contributed by atoms with van der Waals surface area (Å²) in [4.78, 5) is 25.2. The van der Waals surface area contributed by atoms with E-state index in [0.29, 0.717) is 36.9 Å². The van der Waals surface area contributed by atoms with Crippen LogP contribution in [-0.2, 0) is 4.74 Å². The monoisotopic (exact) mass is 306 g/mol. The van der Waals surface area contributed by atoms with Gasteiger partial charge in [0.1, 0.15) is 5.75 Å². The van der Waals surface area contributed by atoms with E-state index in [0.717, 1.165) is 12.8 Å². The van der Waals surface area contributed by atoms with Gasteiger partial charge in [-0.25, -0.2) is 4.79 Å². The lowest BCUT2D eigenvalue weighted by molar-refractivity contribution is 0.0914. The third-order valence-corrected chi connectivity index (χ3v) is 3.93. The van der Waals surface area contributed by atoms with Crippen molar-refractivity contribution in [2.45, 2.75) is 12.8 Å². The molecule has 2 rings (SSSR count). The molecule has 22 heavy (non-hydrogen) atoms. The Morgan fingerprint density at radius 3 is 2.64 bits per heavy atom. The molecule has 1 saturated heterocycles. The molecule has 1 N–H and O–H groups in total. The highest BCUT2D eigenvalue weighted by molar-refractivity contribution is 5.94. The molecular formula is C16H22N2O4. The quantitative estimate of drug-likeness (QED) is 0.922. The molecule has 1 aliphatic rings. The molecule has 0 spiro atoms. The van der Waals surface area contributed by atoms with Crippen molar-refractivity contribution in [3.05, 3.63) is 29.8 Å². The molecule has 0 bridgehead atoms. The number of hydrogen-bond donors (Lipinski definition) is 1. The van der Waals surface area contributed by atoms with E-state index in [9.17, 15) is 9.59 Å². The Bertz CT molecular complexity index is 525. The Hall–Kier alpha value is -2.24. The first-order chi connectivity index (χ1) is 10.6. The summed E-state index contributed by atoms with van der Waals surface area (Å²) in [5, 5.41) is 2.95. The van der Waals surface area contributed by atoms with Crippen LogP contribution in [0.1, 0.15) is 23.2 Å². The fraction of sp³-hybridized carbons (Fsp3) is 0.500. The van der Waals surface area contributed by atoms with E-state index >= 15 is 0 Å². The maximum Gasteiger partial charge on any atom is 0.409 e. The van der Waals surface area contributed by atoms with E-state index in [1.54, 1.807) is 36.3 Å². The molecule has 1 fully saturated rings. The molecule has 1 heterocycles. The summed E-state index contributed by atoms with van der Waals surface area (Å²) < 4.78 is 9.82. The van der Waals surface area contributed by atoms with E-state index in [4.69, 9.17) is 9.47 Å². The summed E-state index contributed by atoms with van der Waals surface area (Å²) in [6.45, 7) is 1.96. The van der Waals surface area contributed by atoms with Crippen molar-refractivity contribution in [2.24, 2.45) is 5.92 Å². The van der Waals surface area contributed by atoms with Crippen LogP contribution < -0.4 is 10.1 Å². The van der Waals surface area contributed by atoms with E-state index < -0.39 is 0 Å². The number of nitrogens with one attached hydrogen (secondary N) is 1. The van der Waals surface area contributed by atoms with Gasteiger partial charge >= 0.3 is 6.09 Å². The van der Waals surface area contributed by atoms with E-state index in [1.807, 2.05) is 0 Å². The number of nitrogens with zero attached hydrogens (tertiary/aromatic N) is 1. The second-order valence-electron chi connectivity index (χ2n) is 5.34. The van der Waals surface area contributed by atoms with Crippen LogP contribution in [0.25, 0.3) is 0 Å². The van der Waals surface area contributed by atoms with Crippen molar-refractivity contribution in [1.29, 1.82) is 0 Å². The number of carbonyl (C=O) groups excluding carboxylic acids is 2. The Morgan fingerprint density at radius 2 is 2.00 bits per heavy atom. The molecule has 120 valence electrons. The van der Waals surface area contributed by atoms with E-state index in [2.05, 4.69) is 5.32 Å². The van der Waals surface area contributed by atoms with Crippen LogP contribution in [0.2, 0.25) is 0 Å². The molecule has 1 aromatic rings. The third-order valence-electron chi connectivity index (χ3n) is 3.93. The zero-order valence-electron chi connectivity index (χ0n) is 13.0. The maximum atomic E-state index is 12.1. The highest BCUT2D eigenvalue weighted by Gasteiger charge is 2.23. The third kappa shape index (κ3) is 4.13. The SMILES string of the molecule is COC(=O)N1CCC(CNC(=O)c2cccc(OC)c2)CC1. The summed E-state index contributed by atoms with van der Waals surface area (Å²) in [6, 6.07) is 7.08. The Morgan fingerprint density at radius 1 is 1.27 bits per heavy atom. The molecule has 0 aliphatic carbocycles. The Labute approximate surface area is 130 Å². The minimum absolute atomic E-state index is 0.103. The number of ether oxygens (including phenoxy) is 2. The summed E-state index contributed by atoms with van der Waals surface area (Å²) in [6.07, 6.45) is 1.46. The van der Waals surface area contributed by atoms with Crippen LogP contribution in [0.15, 0.2) is 24.3 Å². The molecular weight excluding hydrogens is 284 g/mol. The van der Waals surface area contributed by atoms with Gasteiger partial charge in [-0.05, 0) is 37.0 Å². The van der Waals surface area contributed by atoms with Gasteiger partial charge in [0.25, 0.3) is 5.91 Å². The first-order valence-corrected chi connectivity index (χ1v) is 7.39. The first-order valence-electron chi connectivity index (χ1n) is 7.39. The van der Waals surface area contributed by atoms with Crippen molar-refractivity contribution >= 4 is 12.0 Å². The highest BCUT2D eigenvalue weighted by atomic mass is 16.5. The van der Waals surface area contributed by atoms with Crippen molar-refractivity contribution in [3.63, 3.8) is 0 Å². The van der Waals surface area contributed by atoms with Crippen LogP contribution in [-0.4, -0.2) is 50.8 Å². The number of amides is 2. The predicted octanol–water partition coefficient (Wildman–Crippen LogP) is 1.90. The number of likely N-dealkylation sites (tertiary alicyclic amines) is 1. The predicted molar refractivity (Wildman–Crippen MR) is 82.0 cm³/mol. The van der Waals surface area contributed by atoms with Gasteiger partial charge in [0, 0.05) is 25.2 Å². The van der Waals surface area contributed by atoms with Crippen molar-refractivity contribution in [3.8, 4) is 5.75 Å². The van der Waals surface area contributed by atoms with Gasteiger partial charge in [0.2, 0.25) is 0 Å². The van der Waals surface area contributed by atoms with Gasteiger partial charge in [0.15, 0.2) is 0 Å². The van der Waals surface area contributed by atoms with Gasteiger partial charge in [-0.1, -0.05) is 6.07 Å². The van der Waals surface area contributed by atoms with Gasteiger partial charge in [-0.2, -0.15) is 0 Å². The zero-order chi connectivity index (χ0) is 15.9. The maximum absolute atomic E-state index is 12.1. The second kappa shape index (κ2) is 7.68. The van der Waals surface area contributed by atoms with Gasteiger partial charge in [-0.15, -0.1) is 0 Å². The number of benzene rings is 1. The summed E-state index contributed by atoms with van der Waals surface area (Å²) >= 11 is 0. The molecule has 0 radical (unpaired) electrons. The molecule has 0 atom stereocenters. The normalized spacial score (nSPS) is 15.3. The molecule has 0 aromatic heterocycles. The Balaban J connectivity index is 1.79. The number of rotatable bonds is 4. The molecule has 6 nitrogen and oxygen atoms in total. The topological polar surface area (TPSA) is 67.9 Å². The van der Waals surface area contributed by atoms with Crippen molar-refractivity contribution < 1.29 is 19.1 Å². The zero-order valence-corrected chi connectivity index (χ0v) is 13.0. The van der Waals surface area contributed by atoms with Gasteiger partial charge in [0.05, 0.1) is 14.2 Å². The van der Waals surface area contributed by atoms with Crippen LogP contribution in [0.3, 0.4) is 0 Å². The number of carbonyl (C=O) groups is 2. The minimum Gasteiger partial charge on any atom is -0.497 e. The average Bonchev–Trinajstić information content (AvgIpc) is 2.59. The first kappa shape index (κ1) is 16.1. The summed E-state index contributed by atoms with van der Waals surface area (Å²) in [7, 11) is 2.97. The second-order valence-corrected chi connectivity index (χ2v) is 5.34. The minimum atomic E-state index is -0.279. The molecule has 0 unspecified atom stereocenters. The average molecular weight is 306 g/mol. The lowest BCUT2D eigenvalue weighted by atomic mass is 9.97. The van der Waals surface area contributed by atoms with Crippen LogP contribution in [0, 0.1) is 5.92 Å². The largest absolute Gasteiger partial charge is 0.497 e. The Kier molecular flexibility index (Phi) is 5.63. The number of methoxy groups -OCH3 is 2. The van der Waals surface area contributed by atoms with E-state index in [-0.39, 0.29) is 12.0 Å². The molecule has 0 saturated carbocycles. The van der Waals surface area contributed by atoms with Crippen molar-refractivity contribution in [1.82, 2.24) is 10.2 Å². The molecule has 1 aromatic carbocycles. The van der Waals surface area contributed by atoms with Crippen LogP contribution in [0.5, 0.6) is 5.75 Å². The number of piperidine rings is 1. The van der Waals surface area contributed by atoms with E-state index in [1.165, 1.54) is 7.11 Å². The van der Waals surface area contributed by atoms with Gasteiger partial charge < -0.3 is 19.7 Å². The van der Waals surface area contributed by atoms with Crippen molar-refractivity contribution in [2.75, 3.05) is 33.9 Å². The molecule has 2 amide bonds. The molecule has 6 heteroatoms. The lowest BCUT2D eigenvalue weighted by Crippen LogP contribution is -2.41. The standard InChI is InChI=1S/C16H22N2O4/c1-21-14-5-3-4-13(10-14)15(19)17-11-12-6-8-18(9-7-12)16(20)22-2/h3-5,10,12H,6-9,11H2,1-2H3,(H,17,19). The summed E-state index contributed by atoms with van der Waals surface area (Å²) in [5.74, 6) is 0.948. The van der Waals surface area contributed by atoms with Crippen LogP contribution >= 0.6 is 0 Å².